The molecule has 0 saturated carbocycles. The van der Waals surface area contributed by atoms with Crippen LogP contribution in [0.1, 0.15) is 34.1 Å². The van der Waals surface area contributed by atoms with Gasteiger partial charge in [0.2, 0.25) is 0 Å². The van der Waals surface area contributed by atoms with Gasteiger partial charge in [-0.25, -0.2) is 0 Å². The van der Waals surface area contributed by atoms with Crippen LogP contribution in [0.25, 0.3) is 0 Å². The second-order valence-corrected chi connectivity index (χ2v) is 6.47. The molecule has 1 aromatic carbocycles. The zero-order valence-electron chi connectivity index (χ0n) is 12.5. The summed E-state index contributed by atoms with van der Waals surface area (Å²) in [5.41, 5.74) is 7.62. The third kappa shape index (κ3) is 3.41. The van der Waals surface area contributed by atoms with E-state index in [1.54, 1.807) is 0 Å². The standard InChI is InChI=1S/C16H26N2O/c1-12(2)19-14-7-5-13(6-8-14)18-10-9-15(17)16(3,4)11-18/h5-8,12,15H,9-11,17H2,1-4H3. The fourth-order valence-electron chi connectivity index (χ4n) is 2.60. The maximum absolute atomic E-state index is 6.19. The highest BCUT2D eigenvalue weighted by atomic mass is 16.5. The Labute approximate surface area is 116 Å². The van der Waals surface area contributed by atoms with Crippen LogP contribution >= 0.6 is 0 Å². The van der Waals surface area contributed by atoms with Gasteiger partial charge in [0.25, 0.3) is 0 Å². The van der Waals surface area contributed by atoms with E-state index in [9.17, 15) is 0 Å². The molecule has 0 radical (unpaired) electrons. The Balaban J connectivity index is 2.06. The first-order valence-electron chi connectivity index (χ1n) is 7.16. The molecule has 0 spiro atoms. The minimum absolute atomic E-state index is 0.172. The molecule has 1 aliphatic rings. The molecule has 3 nitrogen and oxygen atoms in total. The maximum atomic E-state index is 6.19. The fraction of sp³-hybridized carbons (Fsp3) is 0.625. The number of anilines is 1. The number of piperidine rings is 1. The lowest BCUT2D eigenvalue weighted by Crippen LogP contribution is -2.52. The molecule has 1 heterocycles. The highest BCUT2D eigenvalue weighted by Gasteiger charge is 2.33. The van der Waals surface area contributed by atoms with Crippen LogP contribution in [-0.2, 0) is 0 Å². The highest BCUT2D eigenvalue weighted by molar-refractivity contribution is 5.49. The average molecular weight is 262 g/mol. The Morgan fingerprint density at radius 2 is 1.89 bits per heavy atom. The van der Waals surface area contributed by atoms with Gasteiger partial charge in [0.15, 0.2) is 0 Å². The molecule has 0 amide bonds. The molecule has 1 saturated heterocycles. The van der Waals surface area contributed by atoms with Gasteiger partial charge >= 0.3 is 0 Å². The Morgan fingerprint density at radius 3 is 2.42 bits per heavy atom. The Morgan fingerprint density at radius 1 is 1.26 bits per heavy atom. The van der Waals surface area contributed by atoms with E-state index < -0.39 is 0 Å². The van der Waals surface area contributed by atoms with E-state index >= 15 is 0 Å². The molecule has 3 heteroatoms. The number of ether oxygens (including phenoxy) is 1. The van der Waals surface area contributed by atoms with Gasteiger partial charge in [-0.15, -0.1) is 0 Å². The van der Waals surface area contributed by atoms with Gasteiger partial charge in [0, 0.05) is 24.8 Å². The Kier molecular flexibility index (Phi) is 4.04. The van der Waals surface area contributed by atoms with Crippen molar-refractivity contribution in [1.29, 1.82) is 0 Å². The predicted octanol–water partition coefficient (Wildman–Crippen LogP) is 3.04. The van der Waals surface area contributed by atoms with E-state index in [2.05, 4.69) is 43.0 Å². The van der Waals surface area contributed by atoms with Crippen LogP contribution in [0.2, 0.25) is 0 Å². The van der Waals surface area contributed by atoms with Gasteiger partial charge in [-0.1, -0.05) is 13.8 Å². The van der Waals surface area contributed by atoms with Crippen LogP contribution < -0.4 is 15.4 Å². The highest BCUT2D eigenvalue weighted by Crippen LogP contribution is 2.31. The molecular formula is C16H26N2O. The molecule has 1 aliphatic heterocycles. The maximum Gasteiger partial charge on any atom is 0.119 e. The first-order valence-corrected chi connectivity index (χ1v) is 7.16. The van der Waals surface area contributed by atoms with Crippen molar-refractivity contribution in [3.8, 4) is 5.75 Å². The molecule has 1 fully saturated rings. The number of benzene rings is 1. The second kappa shape index (κ2) is 5.41. The van der Waals surface area contributed by atoms with Gasteiger partial charge in [-0.3, -0.25) is 0 Å². The van der Waals surface area contributed by atoms with Gasteiger partial charge in [0.1, 0.15) is 5.75 Å². The summed E-state index contributed by atoms with van der Waals surface area (Å²) in [7, 11) is 0. The van der Waals surface area contributed by atoms with E-state index in [0.717, 1.165) is 25.3 Å². The van der Waals surface area contributed by atoms with Gasteiger partial charge in [-0.2, -0.15) is 0 Å². The average Bonchev–Trinajstić information content (AvgIpc) is 2.33. The Bertz CT molecular complexity index is 411. The quantitative estimate of drug-likeness (QED) is 0.910. The smallest absolute Gasteiger partial charge is 0.119 e. The van der Waals surface area contributed by atoms with E-state index in [0.29, 0.717) is 6.04 Å². The molecule has 1 atom stereocenters. The molecule has 1 aromatic rings. The number of hydrogen-bond acceptors (Lipinski definition) is 3. The molecule has 19 heavy (non-hydrogen) atoms. The lowest BCUT2D eigenvalue weighted by Gasteiger charge is -2.43. The first-order chi connectivity index (χ1) is 8.88. The van der Waals surface area contributed by atoms with E-state index in [1.165, 1.54) is 5.69 Å². The van der Waals surface area contributed by atoms with Crippen molar-refractivity contribution in [2.45, 2.75) is 46.3 Å². The molecule has 0 bridgehead atoms. The zero-order chi connectivity index (χ0) is 14.0. The van der Waals surface area contributed by atoms with Crippen molar-refractivity contribution < 1.29 is 4.74 Å². The van der Waals surface area contributed by atoms with Gasteiger partial charge < -0.3 is 15.4 Å². The number of hydrogen-bond donors (Lipinski definition) is 1. The summed E-state index contributed by atoms with van der Waals surface area (Å²) in [5, 5.41) is 0. The molecule has 0 aromatic heterocycles. The molecule has 1 unspecified atom stereocenters. The number of nitrogens with two attached hydrogens (primary N) is 1. The van der Waals surface area contributed by atoms with Crippen LogP contribution in [0.5, 0.6) is 5.75 Å². The lowest BCUT2D eigenvalue weighted by molar-refractivity contribution is 0.241. The summed E-state index contributed by atoms with van der Waals surface area (Å²) in [4.78, 5) is 2.42. The summed E-state index contributed by atoms with van der Waals surface area (Å²) in [6.07, 6.45) is 1.27. The monoisotopic (exact) mass is 262 g/mol. The van der Waals surface area contributed by atoms with Crippen LogP contribution in [0.15, 0.2) is 24.3 Å². The van der Waals surface area contributed by atoms with Crippen molar-refractivity contribution in [1.82, 2.24) is 0 Å². The third-order valence-electron chi connectivity index (χ3n) is 3.89. The van der Waals surface area contributed by atoms with Crippen LogP contribution in [-0.4, -0.2) is 25.2 Å². The third-order valence-corrected chi connectivity index (χ3v) is 3.89. The minimum atomic E-state index is 0.172. The van der Waals surface area contributed by atoms with Crippen molar-refractivity contribution in [3.05, 3.63) is 24.3 Å². The van der Waals surface area contributed by atoms with E-state index in [1.807, 2.05) is 13.8 Å². The van der Waals surface area contributed by atoms with Gasteiger partial charge in [0.05, 0.1) is 6.10 Å². The normalized spacial score (nSPS) is 22.6. The summed E-state index contributed by atoms with van der Waals surface area (Å²) < 4.78 is 5.68. The topological polar surface area (TPSA) is 38.5 Å². The van der Waals surface area contributed by atoms with E-state index in [4.69, 9.17) is 10.5 Å². The van der Waals surface area contributed by atoms with Crippen molar-refractivity contribution in [2.75, 3.05) is 18.0 Å². The second-order valence-electron chi connectivity index (χ2n) is 6.47. The Hall–Kier alpha value is -1.22. The fourth-order valence-corrected chi connectivity index (χ4v) is 2.60. The molecular weight excluding hydrogens is 236 g/mol. The largest absolute Gasteiger partial charge is 0.491 e. The summed E-state index contributed by atoms with van der Waals surface area (Å²) >= 11 is 0. The SMILES string of the molecule is CC(C)Oc1ccc(N2CCC(N)C(C)(C)C2)cc1. The molecule has 106 valence electrons. The summed E-state index contributed by atoms with van der Waals surface area (Å²) in [6.45, 7) is 10.6. The van der Waals surface area contributed by atoms with Crippen molar-refractivity contribution in [2.24, 2.45) is 11.1 Å². The van der Waals surface area contributed by atoms with Gasteiger partial charge in [-0.05, 0) is 49.9 Å². The zero-order valence-corrected chi connectivity index (χ0v) is 12.5. The molecule has 2 rings (SSSR count). The van der Waals surface area contributed by atoms with Crippen molar-refractivity contribution >= 4 is 5.69 Å². The first kappa shape index (κ1) is 14.2. The number of nitrogens with zero attached hydrogens (tertiary/aromatic N) is 1. The molecule has 2 N–H and O–H groups in total. The minimum Gasteiger partial charge on any atom is -0.491 e. The summed E-state index contributed by atoms with van der Waals surface area (Å²) in [6, 6.07) is 8.69. The van der Waals surface area contributed by atoms with Crippen molar-refractivity contribution in [3.63, 3.8) is 0 Å². The predicted molar refractivity (Wildman–Crippen MR) is 80.8 cm³/mol. The number of rotatable bonds is 3. The molecule has 0 aliphatic carbocycles. The van der Waals surface area contributed by atoms with Crippen LogP contribution in [0, 0.1) is 5.41 Å². The summed E-state index contributed by atoms with van der Waals surface area (Å²) in [5.74, 6) is 0.937. The van der Waals surface area contributed by atoms with Crippen LogP contribution in [0.4, 0.5) is 5.69 Å². The van der Waals surface area contributed by atoms with E-state index in [-0.39, 0.29) is 11.5 Å². The van der Waals surface area contributed by atoms with Crippen LogP contribution in [0.3, 0.4) is 0 Å². The lowest BCUT2D eigenvalue weighted by atomic mass is 9.79.